The quantitative estimate of drug-likeness (QED) is 0.343. The van der Waals surface area contributed by atoms with Gasteiger partial charge in [-0.25, -0.2) is 9.80 Å². The van der Waals surface area contributed by atoms with Crippen molar-refractivity contribution in [3.8, 4) is 11.5 Å². The Balaban J connectivity index is 1.24. The summed E-state index contributed by atoms with van der Waals surface area (Å²) in [7, 11) is 0. The molecule has 2 heterocycles. The highest BCUT2D eigenvalue weighted by molar-refractivity contribution is 5.98. The first-order valence-electron chi connectivity index (χ1n) is 14.7. The number of benzene rings is 3. The molecule has 0 radical (unpaired) electrons. The molecule has 0 spiro atoms. The molecule has 2 aliphatic heterocycles. The Kier molecular flexibility index (Phi) is 9.53. The van der Waals surface area contributed by atoms with Gasteiger partial charge in [-0.05, 0) is 74.6 Å². The van der Waals surface area contributed by atoms with Crippen molar-refractivity contribution in [1.29, 1.82) is 0 Å². The van der Waals surface area contributed by atoms with E-state index < -0.39 is 36.0 Å². The summed E-state index contributed by atoms with van der Waals surface area (Å²) in [5.74, 6) is -0.329. The van der Waals surface area contributed by atoms with E-state index in [-0.39, 0.29) is 31.1 Å². The largest absolute Gasteiger partial charge is 0.457 e. The Morgan fingerprint density at radius 2 is 1.55 bits per heavy atom. The lowest BCUT2D eigenvalue weighted by Gasteiger charge is -2.43. The number of amides is 5. The average molecular weight is 598 g/mol. The molecule has 0 aliphatic carbocycles. The molecule has 2 unspecified atom stereocenters. The number of carbonyl (C=O) groups excluding carboxylic acids is 5. The van der Waals surface area contributed by atoms with Crippen molar-refractivity contribution in [1.82, 2.24) is 20.7 Å². The fourth-order valence-electron chi connectivity index (χ4n) is 5.38. The van der Waals surface area contributed by atoms with Crippen LogP contribution in [0.15, 0.2) is 84.9 Å². The lowest BCUT2D eigenvalue weighted by molar-refractivity contribution is -0.176. The smallest absolute Gasteiger partial charge is 0.319 e. The van der Waals surface area contributed by atoms with E-state index in [9.17, 15) is 24.0 Å². The van der Waals surface area contributed by atoms with Crippen LogP contribution in [-0.4, -0.2) is 64.2 Å². The molecule has 0 bridgehead atoms. The van der Waals surface area contributed by atoms with Gasteiger partial charge in [0.25, 0.3) is 5.91 Å². The van der Waals surface area contributed by atoms with Gasteiger partial charge in [-0.1, -0.05) is 48.5 Å². The predicted molar refractivity (Wildman–Crippen MR) is 162 cm³/mol. The highest BCUT2D eigenvalue weighted by atomic mass is 16.5. The summed E-state index contributed by atoms with van der Waals surface area (Å²) in [6.45, 7) is 1.69. The standard InChI is InChI=1S/C33H35N5O6/c1-22(39)28(21-23-9-4-2-5-10-23)35-31(41)29-13-8-20-37-30(40)19-18-27(32(42)38(29)37)36-33(43)34-24-14-16-26(17-15-24)44-25-11-6-3-7-12-25/h2-7,9-12,14-17,27-29H,8,13,18-21H2,1H3,(H,35,41)(H2,34,36,43)/t27?,28?,29-/m0/s1. The highest BCUT2D eigenvalue weighted by Crippen LogP contribution is 2.26. The van der Waals surface area contributed by atoms with Crippen molar-refractivity contribution in [2.45, 2.75) is 57.2 Å². The number of fused-ring (bicyclic) bond motifs is 1. The van der Waals surface area contributed by atoms with E-state index in [1.54, 1.807) is 24.3 Å². The van der Waals surface area contributed by atoms with E-state index in [1.807, 2.05) is 60.7 Å². The SMILES string of the molecule is CC(=O)C(Cc1ccccc1)NC(=O)[C@@H]1CCCN2C(=O)CCC(NC(=O)Nc3ccc(Oc4ccccc4)cc3)C(=O)N12. The molecular weight excluding hydrogens is 562 g/mol. The first-order valence-corrected chi connectivity index (χ1v) is 14.7. The Hall–Kier alpha value is -5.19. The second-order valence-corrected chi connectivity index (χ2v) is 10.8. The summed E-state index contributed by atoms with van der Waals surface area (Å²) >= 11 is 0. The highest BCUT2D eigenvalue weighted by Gasteiger charge is 2.45. The molecule has 2 aliphatic rings. The number of nitrogens with one attached hydrogen (secondary N) is 3. The Morgan fingerprint density at radius 1 is 0.886 bits per heavy atom. The van der Waals surface area contributed by atoms with Crippen LogP contribution in [0, 0.1) is 0 Å². The molecule has 5 amide bonds. The van der Waals surface area contributed by atoms with E-state index >= 15 is 0 Å². The normalized spacial score (nSPS) is 18.8. The van der Waals surface area contributed by atoms with Crippen molar-refractivity contribution in [2.24, 2.45) is 0 Å². The van der Waals surface area contributed by atoms with Gasteiger partial charge in [0.1, 0.15) is 23.6 Å². The fraction of sp³-hybridized carbons (Fsp3) is 0.303. The molecule has 11 nitrogen and oxygen atoms in total. The number of ether oxygens (including phenoxy) is 1. The van der Waals surface area contributed by atoms with Gasteiger partial charge in [-0.15, -0.1) is 0 Å². The monoisotopic (exact) mass is 597 g/mol. The average Bonchev–Trinajstić information content (AvgIpc) is 3.14. The van der Waals surface area contributed by atoms with Crippen LogP contribution in [0.4, 0.5) is 10.5 Å². The summed E-state index contributed by atoms with van der Waals surface area (Å²) in [5.41, 5.74) is 1.36. The van der Waals surface area contributed by atoms with E-state index in [0.717, 1.165) is 5.56 Å². The molecule has 2 saturated heterocycles. The molecule has 228 valence electrons. The molecule has 0 aromatic heterocycles. The van der Waals surface area contributed by atoms with Gasteiger partial charge < -0.3 is 20.7 Å². The lowest BCUT2D eigenvalue weighted by atomic mass is 10.0. The van der Waals surface area contributed by atoms with Gasteiger partial charge >= 0.3 is 6.03 Å². The summed E-state index contributed by atoms with van der Waals surface area (Å²) in [6, 6.07) is 21.9. The first-order chi connectivity index (χ1) is 21.3. The van der Waals surface area contributed by atoms with Crippen LogP contribution in [0.3, 0.4) is 0 Å². The third kappa shape index (κ3) is 7.41. The number of hydrogen-bond donors (Lipinski definition) is 3. The van der Waals surface area contributed by atoms with Gasteiger partial charge in [0.05, 0.1) is 6.04 Å². The predicted octanol–water partition coefficient (Wildman–Crippen LogP) is 3.81. The molecular formula is C33H35N5O6. The molecule has 3 atom stereocenters. The van der Waals surface area contributed by atoms with Crippen LogP contribution in [0.5, 0.6) is 11.5 Å². The van der Waals surface area contributed by atoms with Crippen LogP contribution in [0.25, 0.3) is 0 Å². The number of rotatable bonds is 9. The van der Waals surface area contributed by atoms with Crippen molar-refractivity contribution in [3.63, 3.8) is 0 Å². The van der Waals surface area contributed by atoms with Gasteiger partial charge in [0, 0.05) is 18.7 Å². The molecule has 0 saturated carbocycles. The van der Waals surface area contributed by atoms with E-state index in [2.05, 4.69) is 16.0 Å². The number of ketones is 1. The van der Waals surface area contributed by atoms with Crippen molar-refractivity contribution < 1.29 is 28.7 Å². The summed E-state index contributed by atoms with van der Waals surface area (Å²) < 4.78 is 5.78. The number of para-hydroxylation sites is 1. The Labute approximate surface area is 255 Å². The summed E-state index contributed by atoms with van der Waals surface area (Å²) in [5, 5.41) is 10.7. The number of carbonyl (C=O) groups is 5. The third-order valence-corrected chi connectivity index (χ3v) is 7.65. The van der Waals surface area contributed by atoms with Gasteiger partial charge in [-0.2, -0.15) is 0 Å². The zero-order valence-corrected chi connectivity index (χ0v) is 24.4. The molecule has 3 aromatic rings. The summed E-state index contributed by atoms with van der Waals surface area (Å²) in [4.78, 5) is 65.7. The van der Waals surface area contributed by atoms with E-state index in [0.29, 0.717) is 36.4 Å². The van der Waals surface area contributed by atoms with Crippen LogP contribution in [0.2, 0.25) is 0 Å². The zero-order valence-electron chi connectivity index (χ0n) is 24.4. The maximum atomic E-state index is 13.8. The van der Waals surface area contributed by atoms with E-state index in [1.165, 1.54) is 16.9 Å². The van der Waals surface area contributed by atoms with Gasteiger partial charge in [0.2, 0.25) is 11.8 Å². The second-order valence-electron chi connectivity index (χ2n) is 10.8. The minimum atomic E-state index is -1.04. The minimum absolute atomic E-state index is 0.0249. The fourth-order valence-corrected chi connectivity index (χ4v) is 5.38. The zero-order chi connectivity index (χ0) is 31.1. The number of hydrazine groups is 1. The van der Waals surface area contributed by atoms with Crippen molar-refractivity contribution >= 4 is 35.2 Å². The van der Waals surface area contributed by atoms with Crippen LogP contribution in [0.1, 0.15) is 38.2 Å². The topological polar surface area (TPSA) is 137 Å². The number of hydrogen-bond acceptors (Lipinski definition) is 6. The van der Waals surface area contributed by atoms with E-state index in [4.69, 9.17) is 4.74 Å². The maximum absolute atomic E-state index is 13.8. The lowest BCUT2D eigenvalue weighted by Crippen LogP contribution is -2.64. The minimum Gasteiger partial charge on any atom is -0.457 e. The van der Waals surface area contributed by atoms with Crippen molar-refractivity contribution in [2.75, 3.05) is 11.9 Å². The number of Topliss-reactive ketones (excluding diaryl/α,β-unsaturated/α-hetero) is 1. The number of urea groups is 1. The maximum Gasteiger partial charge on any atom is 0.319 e. The molecule has 2 fully saturated rings. The molecule has 5 rings (SSSR count). The first kappa shape index (κ1) is 30.3. The Bertz CT molecular complexity index is 1500. The number of anilines is 1. The molecule has 11 heteroatoms. The molecule has 3 N–H and O–H groups in total. The number of nitrogens with zero attached hydrogens (tertiary/aromatic N) is 2. The third-order valence-electron chi connectivity index (χ3n) is 7.65. The van der Waals surface area contributed by atoms with Gasteiger partial charge in [0.15, 0.2) is 5.78 Å². The van der Waals surface area contributed by atoms with Gasteiger partial charge in [-0.3, -0.25) is 24.2 Å². The van der Waals surface area contributed by atoms with Crippen LogP contribution >= 0.6 is 0 Å². The van der Waals surface area contributed by atoms with Crippen LogP contribution < -0.4 is 20.7 Å². The second kappa shape index (κ2) is 13.9. The molecule has 44 heavy (non-hydrogen) atoms. The summed E-state index contributed by atoms with van der Waals surface area (Å²) in [6.07, 6.45) is 1.24. The molecule has 3 aromatic carbocycles. The van der Waals surface area contributed by atoms with Crippen molar-refractivity contribution in [3.05, 3.63) is 90.5 Å². The Morgan fingerprint density at radius 3 is 2.23 bits per heavy atom. The van der Waals surface area contributed by atoms with Crippen LogP contribution in [-0.2, 0) is 25.6 Å².